The number of carbonyl (C=O) groups excluding carboxylic acids is 1. The molecular weight excluding hydrogens is 753 g/mol. The van der Waals surface area contributed by atoms with Gasteiger partial charge in [-0.05, 0) is 106 Å². The minimum atomic E-state index is -1.05. The smallest absolute Gasteiger partial charge is 0.352 e. The van der Waals surface area contributed by atoms with Crippen molar-refractivity contribution >= 4 is 62.6 Å². The standard InChI is InChI=1S/C43H47Cl2N5O6/c1-23-16-30(17-24(2)38(23)45)56-13-9-10-31-32-11-12-33(44)37(36-26(4)46-48(7)27(36)5)40(32)50-25(3)21-49(42(51)41(31)50)34-19-28(22-55-15-14-54-8)18-29-20-35(43(52)53)47(6)39(29)34/h11-12,16-20,25H,9-10,13-15,21-22H2,1-8H3,(H,52,53). The van der Waals surface area contributed by atoms with Crippen LogP contribution in [0.15, 0.2) is 42.5 Å². The van der Waals surface area contributed by atoms with Crippen LogP contribution in [0.1, 0.15) is 74.0 Å². The van der Waals surface area contributed by atoms with E-state index in [1.165, 1.54) is 0 Å². The highest BCUT2D eigenvalue weighted by Crippen LogP contribution is 2.46. The molecule has 0 fully saturated rings. The average Bonchev–Trinajstić information content (AvgIpc) is 3.76. The van der Waals surface area contributed by atoms with Crippen molar-refractivity contribution < 1.29 is 28.9 Å². The molecule has 56 heavy (non-hydrogen) atoms. The number of carboxylic acids is 1. The summed E-state index contributed by atoms with van der Waals surface area (Å²) in [6.07, 6.45) is 1.19. The number of aromatic carboxylic acids is 1. The van der Waals surface area contributed by atoms with E-state index in [-0.39, 0.29) is 24.2 Å². The van der Waals surface area contributed by atoms with Gasteiger partial charge in [0.05, 0.1) is 53.9 Å². The van der Waals surface area contributed by atoms with Crippen molar-refractivity contribution in [3.63, 3.8) is 0 Å². The number of amides is 1. The first kappa shape index (κ1) is 39.4. The topological polar surface area (TPSA) is 113 Å². The normalized spacial score (nSPS) is 14.4. The molecule has 0 saturated heterocycles. The number of benzene rings is 3. The number of halogens is 2. The first-order chi connectivity index (χ1) is 26.7. The lowest BCUT2D eigenvalue weighted by molar-refractivity contribution is 0.0617. The summed E-state index contributed by atoms with van der Waals surface area (Å²) < 4.78 is 23.0. The van der Waals surface area contributed by atoms with Gasteiger partial charge in [-0.1, -0.05) is 29.3 Å². The van der Waals surface area contributed by atoms with Crippen LogP contribution in [0, 0.1) is 27.7 Å². The summed E-state index contributed by atoms with van der Waals surface area (Å²) in [5.74, 6) is -0.485. The van der Waals surface area contributed by atoms with Crippen molar-refractivity contribution in [2.45, 2.75) is 60.1 Å². The fourth-order valence-corrected chi connectivity index (χ4v) is 8.66. The quantitative estimate of drug-likeness (QED) is 0.116. The van der Waals surface area contributed by atoms with Crippen LogP contribution >= 0.6 is 23.2 Å². The van der Waals surface area contributed by atoms with E-state index >= 15 is 4.79 Å². The maximum Gasteiger partial charge on any atom is 0.352 e. The molecule has 11 nitrogen and oxygen atoms in total. The van der Waals surface area contributed by atoms with E-state index in [0.29, 0.717) is 66.5 Å². The number of carboxylic acid groups (broad SMARTS) is 1. The van der Waals surface area contributed by atoms with E-state index in [1.807, 2.05) is 75.8 Å². The van der Waals surface area contributed by atoms with Gasteiger partial charge in [-0.2, -0.15) is 5.10 Å². The Morgan fingerprint density at radius 3 is 2.36 bits per heavy atom. The Bertz CT molecular complexity index is 2510. The van der Waals surface area contributed by atoms with Crippen LogP contribution in [0.3, 0.4) is 0 Å². The maximum atomic E-state index is 15.3. The number of hydrogen-bond donors (Lipinski definition) is 1. The Hall–Kier alpha value is -4.81. The minimum Gasteiger partial charge on any atom is -0.494 e. The number of hydrogen-bond acceptors (Lipinski definition) is 6. The lowest BCUT2D eigenvalue weighted by Gasteiger charge is -2.35. The number of fused-ring (bicyclic) bond motifs is 4. The Morgan fingerprint density at radius 1 is 0.964 bits per heavy atom. The van der Waals surface area contributed by atoms with Gasteiger partial charge in [0.25, 0.3) is 5.91 Å². The third kappa shape index (κ3) is 6.84. The van der Waals surface area contributed by atoms with Gasteiger partial charge in [-0.3, -0.25) is 9.48 Å². The molecular formula is C43H47Cl2N5O6. The van der Waals surface area contributed by atoms with E-state index < -0.39 is 5.97 Å². The molecule has 1 aliphatic rings. The van der Waals surface area contributed by atoms with Gasteiger partial charge >= 0.3 is 5.97 Å². The summed E-state index contributed by atoms with van der Waals surface area (Å²) in [7, 11) is 5.26. The van der Waals surface area contributed by atoms with Gasteiger partial charge in [0, 0.05) is 66.4 Å². The number of anilines is 1. The molecule has 1 aliphatic heterocycles. The van der Waals surface area contributed by atoms with Gasteiger partial charge in [0.2, 0.25) is 0 Å². The van der Waals surface area contributed by atoms with Gasteiger partial charge in [-0.15, -0.1) is 0 Å². The molecule has 6 aromatic rings. The molecule has 7 rings (SSSR count). The van der Waals surface area contributed by atoms with Crippen LogP contribution in [0.4, 0.5) is 5.69 Å². The summed E-state index contributed by atoms with van der Waals surface area (Å²) in [5, 5.41) is 17.8. The molecule has 3 aromatic carbocycles. The first-order valence-electron chi connectivity index (χ1n) is 18.7. The highest BCUT2D eigenvalue weighted by Gasteiger charge is 2.38. The maximum absolute atomic E-state index is 15.3. The van der Waals surface area contributed by atoms with Crippen LogP contribution in [0.2, 0.25) is 10.0 Å². The average molecular weight is 801 g/mol. The Morgan fingerprint density at radius 2 is 1.70 bits per heavy atom. The van der Waals surface area contributed by atoms with Crippen molar-refractivity contribution in [3.05, 3.63) is 97.5 Å². The van der Waals surface area contributed by atoms with E-state index in [2.05, 4.69) is 11.5 Å². The van der Waals surface area contributed by atoms with Crippen LogP contribution in [0.25, 0.3) is 32.9 Å². The number of aryl methyl sites for hydroxylation is 6. The molecule has 0 aliphatic carbocycles. The van der Waals surface area contributed by atoms with Gasteiger partial charge in [0.1, 0.15) is 17.1 Å². The molecule has 294 valence electrons. The summed E-state index contributed by atoms with van der Waals surface area (Å²) in [4.78, 5) is 29.5. The zero-order valence-corrected chi connectivity index (χ0v) is 34.6. The van der Waals surface area contributed by atoms with Crippen molar-refractivity contribution in [2.75, 3.05) is 38.4 Å². The zero-order chi connectivity index (χ0) is 40.2. The SMILES string of the molecule is COCCOCc1cc(N2CC(C)n3c(c(CCCOc4cc(C)c(Cl)c(C)c4)c4ccc(Cl)c(-c5c(C)nn(C)c5C)c43)C2=O)c2c(c1)cc(C(=O)O)n2C. The third-order valence-corrected chi connectivity index (χ3v) is 11.9. The van der Waals surface area contributed by atoms with Gasteiger partial charge < -0.3 is 33.4 Å². The molecule has 0 spiro atoms. The second-order valence-corrected chi connectivity index (χ2v) is 15.6. The van der Waals surface area contributed by atoms with Crippen molar-refractivity contribution in [2.24, 2.45) is 14.1 Å². The summed E-state index contributed by atoms with van der Waals surface area (Å²) in [5.41, 5.74) is 10.1. The summed E-state index contributed by atoms with van der Waals surface area (Å²) in [6, 6.07) is 13.1. The molecule has 0 radical (unpaired) electrons. The zero-order valence-electron chi connectivity index (χ0n) is 33.0. The largest absolute Gasteiger partial charge is 0.494 e. The summed E-state index contributed by atoms with van der Waals surface area (Å²) in [6.45, 7) is 11.9. The fraction of sp³-hybridized carbons (Fsp3) is 0.372. The minimum absolute atomic E-state index is 0.124. The first-order valence-corrected chi connectivity index (χ1v) is 19.5. The molecule has 13 heteroatoms. The van der Waals surface area contributed by atoms with Crippen LogP contribution < -0.4 is 9.64 Å². The lowest BCUT2D eigenvalue weighted by atomic mass is 9.98. The second kappa shape index (κ2) is 15.6. The van der Waals surface area contributed by atoms with Crippen LogP contribution in [0.5, 0.6) is 5.75 Å². The molecule has 3 aromatic heterocycles. The molecule has 1 amide bonds. The fourth-order valence-electron chi connectivity index (χ4n) is 8.31. The number of rotatable bonds is 13. The Kier molecular flexibility index (Phi) is 11.0. The summed E-state index contributed by atoms with van der Waals surface area (Å²) >= 11 is 13.6. The predicted molar refractivity (Wildman–Crippen MR) is 221 cm³/mol. The number of methoxy groups -OCH3 is 1. The Labute approximate surface area is 336 Å². The molecule has 1 unspecified atom stereocenters. The van der Waals surface area contributed by atoms with E-state index in [1.54, 1.807) is 29.7 Å². The van der Waals surface area contributed by atoms with E-state index in [9.17, 15) is 9.90 Å². The predicted octanol–water partition coefficient (Wildman–Crippen LogP) is 9.17. The highest BCUT2D eigenvalue weighted by atomic mass is 35.5. The number of nitrogens with zero attached hydrogens (tertiary/aromatic N) is 5. The number of aromatic nitrogens is 4. The highest BCUT2D eigenvalue weighted by molar-refractivity contribution is 6.35. The van der Waals surface area contributed by atoms with Gasteiger partial charge in [-0.25, -0.2) is 4.79 Å². The molecule has 4 heterocycles. The van der Waals surface area contributed by atoms with Gasteiger partial charge in [0.15, 0.2) is 0 Å². The van der Waals surface area contributed by atoms with Crippen molar-refractivity contribution in [1.82, 2.24) is 18.9 Å². The monoisotopic (exact) mass is 799 g/mol. The van der Waals surface area contributed by atoms with E-state index in [0.717, 1.165) is 66.4 Å². The van der Waals surface area contributed by atoms with Crippen LogP contribution in [-0.4, -0.2) is 69.4 Å². The van der Waals surface area contributed by atoms with Crippen LogP contribution in [-0.2, 0) is 36.6 Å². The Balaban J connectivity index is 1.38. The van der Waals surface area contributed by atoms with Crippen molar-refractivity contribution in [1.29, 1.82) is 0 Å². The molecule has 0 saturated carbocycles. The number of carbonyl (C=O) groups is 2. The number of ether oxygens (including phenoxy) is 3. The van der Waals surface area contributed by atoms with Crippen molar-refractivity contribution in [3.8, 4) is 16.9 Å². The lowest BCUT2D eigenvalue weighted by Crippen LogP contribution is -2.43. The molecule has 1 N–H and O–H groups in total. The van der Waals surface area contributed by atoms with E-state index in [4.69, 9.17) is 42.5 Å². The second-order valence-electron chi connectivity index (χ2n) is 14.8. The molecule has 1 atom stereocenters. The third-order valence-electron chi connectivity index (χ3n) is 10.9. The molecule has 0 bridgehead atoms.